The Hall–Kier alpha value is -3.09. The highest BCUT2D eigenvalue weighted by Gasteiger charge is 2.25. The first-order valence-corrected chi connectivity index (χ1v) is 8.47. The first kappa shape index (κ1) is 17.3. The second-order valence-electron chi connectivity index (χ2n) is 6.50. The molecule has 3 aromatic heterocycles. The van der Waals surface area contributed by atoms with E-state index in [1.165, 1.54) is 41.3 Å². The molecular formula is C20H16F3N3O. The van der Waals surface area contributed by atoms with E-state index in [1.54, 1.807) is 12.1 Å². The quantitative estimate of drug-likeness (QED) is 0.450. The molecule has 27 heavy (non-hydrogen) atoms. The van der Waals surface area contributed by atoms with Crippen LogP contribution in [0.25, 0.3) is 28.2 Å². The number of pyridine rings is 1. The van der Waals surface area contributed by atoms with E-state index in [-0.39, 0.29) is 17.1 Å². The van der Waals surface area contributed by atoms with Crippen LogP contribution in [-0.2, 0) is 0 Å². The number of halogens is 3. The first-order valence-electron chi connectivity index (χ1n) is 8.47. The van der Waals surface area contributed by atoms with E-state index >= 15 is 0 Å². The first-order chi connectivity index (χ1) is 13.0. The van der Waals surface area contributed by atoms with Crippen molar-refractivity contribution in [1.29, 1.82) is 0 Å². The van der Waals surface area contributed by atoms with Crippen molar-refractivity contribution >= 4 is 11.0 Å². The van der Waals surface area contributed by atoms with Gasteiger partial charge in [0.05, 0.1) is 23.0 Å². The summed E-state index contributed by atoms with van der Waals surface area (Å²) in [7, 11) is 0. The molecule has 0 aliphatic carbocycles. The zero-order valence-corrected chi connectivity index (χ0v) is 14.7. The number of aromatic nitrogens is 3. The number of hydrogen-bond donors (Lipinski definition) is 0. The monoisotopic (exact) mass is 371 g/mol. The minimum Gasteiger partial charge on any atom is -0.463 e. The Morgan fingerprint density at radius 2 is 1.81 bits per heavy atom. The van der Waals surface area contributed by atoms with Crippen molar-refractivity contribution in [2.45, 2.75) is 26.2 Å². The van der Waals surface area contributed by atoms with Crippen LogP contribution in [-0.4, -0.2) is 14.8 Å². The van der Waals surface area contributed by atoms with E-state index in [0.29, 0.717) is 28.2 Å². The highest BCUT2D eigenvalue weighted by Crippen LogP contribution is 2.36. The van der Waals surface area contributed by atoms with Crippen LogP contribution in [0, 0.1) is 5.82 Å². The third kappa shape index (κ3) is 2.99. The van der Waals surface area contributed by atoms with Gasteiger partial charge in [0, 0.05) is 5.56 Å². The van der Waals surface area contributed by atoms with E-state index in [0.717, 1.165) is 0 Å². The van der Waals surface area contributed by atoms with Gasteiger partial charge in [-0.25, -0.2) is 22.8 Å². The highest BCUT2D eigenvalue weighted by atomic mass is 19.3. The molecule has 0 aliphatic heterocycles. The highest BCUT2D eigenvalue weighted by molar-refractivity contribution is 5.86. The van der Waals surface area contributed by atoms with Gasteiger partial charge in [0.15, 0.2) is 11.4 Å². The summed E-state index contributed by atoms with van der Waals surface area (Å²) in [6.45, 7) is 3.76. The molecule has 0 aliphatic rings. The fourth-order valence-corrected chi connectivity index (χ4v) is 3.06. The molecule has 0 amide bonds. The number of alkyl halides is 2. The molecule has 0 saturated heterocycles. The van der Waals surface area contributed by atoms with Crippen molar-refractivity contribution in [2.75, 3.05) is 0 Å². The molecule has 0 bridgehead atoms. The average Bonchev–Trinajstić information content (AvgIpc) is 3.29. The van der Waals surface area contributed by atoms with Crippen LogP contribution in [0.4, 0.5) is 13.2 Å². The molecular weight excluding hydrogens is 355 g/mol. The number of hydrogen-bond acceptors (Lipinski definition) is 3. The Morgan fingerprint density at radius 3 is 2.41 bits per heavy atom. The number of fused-ring (bicyclic) bond motifs is 1. The molecule has 4 aromatic rings. The van der Waals surface area contributed by atoms with Crippen LogP contribution in [0.15, 0.2) is 53.1 Å². The van der Waals surface area contributed by atoms with Gasteiger partial charge in [-0.3, -0.25) is 0 Å². The molecule has 0 atom stereocenters. The normalized spacial score (nSPS) is 11.8. The molecule has 3 heterocycles. The maximum absolute atomic E-state index is 13.9. The Labute approximate surface area is 153 Å². The lowest BCUT2D eigenvalue weighted by Crippen LogP contribution is -2.00. The molecule has 0 saturated carbocycles. The fraction of sp³-hybridized carbons (Fsp3) is 0.200. The lowest BCUT2D eigenvalue weighted by atomic mass is 10.0. The zero-order valence-electron chi connectivity index (χ0n) is 14.7. The Bertz CT molecular complexity index is 1080. The minimum atomic E-state index is -2.70. The van der Waals surface area contributed by atoms with Crippen molar-refractivity contribution in [3.63, 3.8) is 0 Å². The summed E-state index contributed by atoms with van der Waals surface area (Å²) in [6, 6.07) is 10.3. The second-order valence-corrected chi connectivity index (χ2v) is 6.50. The number of nitrogens with zero attached hydrogens (tertiary/aromatic N) is 3. The van der Waals surface area contributed by atoms with Crippen LogP contribution in [0.3, 0.4) is 0 Å². The van der Waals surface area contributed by atoms with Gasteiger partial charge in [-0.1, -0.05) is 13.8 Å². The summed E-state index contributed by atoms with van der Waals surface area (Å²) in [5, 5.41) is 4.84. The SMILES string of the molecule is CC(C)c1nn(-c2ccc(F)cc2)c2nc(-c3ccco3)cc(C(F)F)c12. The van der Waals surface area contributed by atoms with Crippen molar-refractivity contribution in [3.05, 3.63) is 65.8 Å². The third-order valence-electron chi connectivity index (χ3n) is 4.32. The van der Waals surface area contributed by atoms with Gasteiger partial charge >= 0.3 is 0 Å². The van der Waals surface area contributed by atoms with Crippen LogP contribution in [0.5, 0.6) is 0 Å². The molecule has 1 aromatic carbocycles. The standard InChI is InChI=1S/C20H16F3N3O/c1-11(2)18-17-14(19(22)23)10-15(16-4-3-9-27-16)24-20(17)26(25-18)13-7-5-12(21)6-8-13/h3-11,19H,1-2H3. The third-order valence-corrected chi connectivity index (χ3v) is 4.32. The number of furan rings is 1. The van der Waals surface area contributed by atoms with Gasteiger partial charge in [0.25, 0.3) is 6.43 Å². The molecule has 4 rings (SSSR count). The van der Waals surface area contributed by atoms with E-state index in [1.807, 2.05) is 13.8 Å². The summed E-state index contributed by atoms with van der Waals surface area (Å²) < 4.78 is 47.9. The van der Waals surface area contributed by atoms with Gasteiger partial charge in [0.1, 0.15) is 11.5 Å². The Morgan fingerprint density at radius 1 is 1.07 bits per heavy atom. The van der Waals surface area contributed by atoms with Crippen LogP contribution in [0.1, 0.15) is 37.4 Å². The molecule has 4 nitrogen and oxygen atoms in total. The van der Waals surface area contributed by atoms with Gasteiger partial charge < -0.3 is 4.42 Å². The summed E-state index contributed by atoms with van der Waals surface area (Å²) in [5.74, 6) is -0.100. The lowest BCUT2D eigenvalue weighted by Gasteiger charge is -2.08. The van der Waals surface area contributed by atoms with E-state index in [4.69, 9.17) is 4.42 Å². The molecule has 0 unspecified atom stereocenters. The van der Waals surface area contributed by atoms with E-state index in [9.17, 15) is 13.2 Å². The van der Waals surface area contributed by atoms with Crippen LogP contribution < -0.4 is 0 Å². The minimum absolute atomic E-state index is 0.0945. The van der Waals surface area contributed by atoms with Gasteiger partial charge in [0.2, 0.25) is 0 Å². The molecule has 0 radical (unpaired) electrons. The average molecular weight is 371 g/mol. The van der Waals surface area contributed by atoms with Crippen LogP contribution >= 0.6 is 0 Å². The predicted octanol–water partition coefficient (Wildman–Crippen LogP) is 5.88. The smallest absolute Gasteiger partial charge is 0.264 e. The van der Waals surface area contributed by atoms with Crippen molar-refractivity contribution in [3.8, 4) is 17.1 Å². The summed E-state index contributed by atoms with van der Waals surface area (Å²) in [4.78, 5) is 4.54. The Kier molecular flexibility index (Phi) is 4.22. The fourth-order valence-electron chi connectivity index (χ4n) is 3.06. The topological polar surface area (TPSA) is 43.9 Å². The molecule has 0 spiro atoms. The van der Waals surface area contributed by atoms with E-state index in [2.05, 4.69) is 10.1 Å². The number of benzene rings is 1. The molecule has 0 N–H and O–H groups in total. The van der Waals surface area contributed by atoms with Crippen molar-refractivity contribution < 1.29 is 17.6 Å². The summed E-state index contributed by atoms with van der Waals surface area (Å²) in [5.41, 5.74) is 1.49. The predicted molar refractivity (Wildman–Crippen MR) is 95.6 cm³/mol. The molecule has 138 valence electrons. The van der Waals surface area contributed by atoms with Crippen molar-refractivity contribution in [2.24, 2.45) is 0 Å². The van der Waals surface area contributed by atoms with Gasteiger partial charge in [-0.05, 0) is 48.4 Å². The lowest BCUT2D eigenvalue weighted by molar-refractivity contribution is 0.153. The van der Waals surface area contributed by atoms with Gasteiger partial charge in [-0.2, -0.15) is 5.10 Å². The zero-order chi connectivity index (χ0) is 19.1. The van der Waals surface area contributed by atoms with Crippen molar-refractivity contribution in [1.82, 2.24) is 14.8 Å². The largest absolute Gasteiger partial charge is 0.463 e. The molecule has 0 fully saturated rings. The maximum Gasteiger partial charge on any atom is 0.264 e. The summed E-state index contributed by atoms with van der Waals surface area (Å²) >= 11 is 0. The summed E-state index contributed by atoms with van der Waals surface area (Å²) in [6.07, 6.45) is -1.24. The van der Waals surface area contributed by atoms with Gasteiger partial charge in [-0.15, -0.1) is 0 Å². The number of rotatable bonds is 4. The van der Waals surface area contributed by atoms with Crippen LogP contribution in [0.2, 0.25) is 0 Å². The van der Waals surface area contributed by atoms with E-state index < -0.39 is 12.2 Å². The maximum atomic E-state index is 13.9. The Balaban J connectivity index is 2.07. The second kappa shape index (κ2) is 6.57. The molecule has 7 heteroatoms.